The molecule has 6 nitrogen and oxygen atoms in total. The van der Waals surface area contributed by atoms with E-state index < -0.39 is 0 Å². The van der Waals surface area contributed by atoms with Crippen molar-refractivity contribution in [1.29, 1.82) is 0 Å². The van der Waals surface area contributed by atoms with Gasteiger partial charge in [-0.2, -0.15) is 0 Å². The van der Waals surface area contributed by atoms with Gasteiger partial charge in [-0.25, -0.2) is 9.97 Å². The number of carbonyl (C=O) groups is 1. The van der Waals surface area contributed by atoms with Gasteiger partial charge in [0.25, 0.3) is 5.91 Å². The van der Waals surface area contributed by atoms with Gasteiger partial charge in [-0.05, 0) is 33.0 Å². The summed E-state index contributed by atoms with van der Waals surface area (Å²) in [7, 11) is 4.02. The molecule has 2 rings (SSSR count). The van der Waals surface area contributed by atoms with Gasteiger partial charge in [-0.3, -0.25) is 4.79 Å². The molecule has 0 atom stereocenters. The zero-order valence-corrected chi connectivity index (χ0v) is 12.9. The summed E-state index contributed by atoms with van der Waals surface area (Å²) in [5.41, 5.74) is 0.433. The van der Waals surface area contributed by atoms with E-state index in [1.165, 1.54) is 19.3 Å². The number of anilines is 1. The molecule has 0 unspecified atom stereocenters. The topological polar surface area (TPSA) is 70.2 Å². The average Bonchev–Trinajstić information content (AvgIpc) is 2.48. The summed E-state index contributed by atoms with van der Waals surface area (Å²) >= 11 is 0. The molecule has 1 saturated carbocycles. The van der Waals surface area contributed by atoms with Crippen molar-refractivity contribution in [3.63, 3.8) is 0 Å². The van der Waals surface area contributed by atoms with Gasteiger partial charge in [-0.1, -0.05) is 19.3 Å². The number of amides is 1. The highest BCUT2D eigenvalue weighted by Gasteiger charge is 2.17. The highest BCUT2D eigenvalue weighted by atomic mass is 16.1. The third-order valence-electron chi connectivity index (χ3n) is 3.67. The highest BCUT2D eigenvalue weighted by molar-refractivity contribution is 5.92. The summed E-state index contributed by atoms with van der Waals surface area (Å²) in [5, 5.41) is 6.20. The minimum atomic E-state index is -0.0973. The molecule has 1 fully saturated rings. The molecule has 1 aliphatic carbocycles. The van der Waals surface area contributed by atoms with E-state index >= 15 is 0 Å². The van der Waals surface area contributed by atoms with Crippen LogP contribution in [-0.2, 0) is 0 Å². The van der Waals surface area contributed by atoms with Gasteiger partial charge >= 0.3 is 0 Å². The molecule has 2 N–H and O–H groups in total. The monoisotopic (exact) mass is 291 g/mol. The molecule has 0 saturated heterocycles. The second-order valence-electron chi connectivity index (χ2n) is 5.80. The molecular weight excluding hydrogens is 266 g/mol. The minimum absolute atomic E-state index is 0.0973. The summed E-state index contributed by atoms with van der Waals surface area (Å²) < 4.78 is 0. The average molecular weight is 291 g/mol. The van der Waals surface area contributed by atoms with Gasteiger partial charge in [0, 0.05) is 25.3 Å². The van der Waals surface area contributed by atoms with Crippen LogP contribution in [0.15, 0.2) is 12.3 Å². The lowest BCUT2D eigenvalue weighted by molar-refractivity contribution is 0.0922. The quantitative estimate of drug-likeness (QED) is 0.831. The van der Waals surface area contributed by atoms with Crippen LogP contribution in [0.3, 0.4) is 0 Å². The Morgan fingerprint density at radius 2 is 2.10 bits per heavy atom. The Labute approximate surface area is 126 Å². The first-order chi connectivity index (χ1) is 10.1. The van der Waals surface area contributed by atoms with Crippen LogP contribution in [0.4, 0.5) is 5.95 Å². The molecule has 0 radical (unpaired) electrons. The van der Waals surface area contributed by atoms with Crippen molar-refractivity contribution in [1.82, 2.24) is 20.2 Å². The lowest BCUT2D eigenvalue weighted by atomic mass is 9.95. The van der Waals surface area contributed by atoms with Crippen molar-refractivity contribution in [2.45, 2.75) is 38.1 Å². The van der Waals surface area contributed by atoms with Gasteiger partial charge in [0.2, 0.25) is 5.95 Å². The number of hydrogen-bond donors (Lipinski definition) is 2. The maximum atomic E-state index is 12.2. The van der Waals surface area contributed by atoms with E-state index in [2.05, 4.69) is 25.5 Å². The van der Waals surface area contributed by atoms with Crippen LogP contribution in [0.25, 0.3) is 0 Å². The first-order valence-electron chi connectivity index (χ1n) is 7.67. The predicted molar refractivity (Wildman–Crippen MR) is 83.4 cm³/mol. The van der Waals surface area contributed by atoms with Gasteiger partial charge in [0.1, 0.15) is 5.69 Å². The Kier molecular flexibility index (Phi) is 5.92. The lowest BCUT2D eigenvalue weighted by Crippen LogP contribution is -2.36. The number of likely N-dealkylation sites (N-methyl/N-ethyl adjacent to an activating group) is 1. The fraction of sp³-hybridized carbons (Fsp3) is 0.667. The Balaban J connectivity index is 1.88. The van der Waals surface area contributed by atoms with Crippen LogP contribution < -0.4 is 10.6 Å². The van der Waals surface area contributed by atoms with E-state index in [0.717, 1.165) is 25.9 Å². The second kappa shape index (κ2) is 7.93. The Morgan fingerprint density at radius 1 is 1.33 bits per heavy atom. The number of aromatic nitrogens is 2. The first-order valence-corrected chi connectivity index (χ1v) is 7.67. The maximum absolute atomic E-state index is 12.2. The molecule has 0 bridgehead atoms. The van der Waals surface area contributed by atoms with Crippen molar-refractivity contribution >= 4 is 11.9 Å². The van der Waals surface area contributed by atoms with Crippen LogP contribution in [0.2, 0.25) is 0 Å². The summed E-state index contributed by atoms with van der Waals surface area (Å²) in [4.78, 5) is 22.7. The molecule has 1 aromatic heterocycles. The van der Waals surface area contributed by atoms with Gasteiger partial charge in [-0.15, -0.1) is 0 Å². The SMILES string of the molecule is CN(C)CCNc1nccc(C(=O)NC2CCCCC2)n1. The summed E-state index contributed by atoms with van der Waals surface area (Å²) in [6.45, 7) is 1.64. The molecular formula is C15H25N5O. The third-order valence-corrected chi connectivity index (χ3v) is 3.67. The van der Waals surface area contributed by atoms with Crippen molar-refractivity contribution in [2.75, 3.05) is 32.5 Å². The fourth-order valence-electron chi connectivity index (χ4n) is 2.47. The molecule has 0 aliphatic heterocycles. The second-order valence-corrected chi connectivity index (χ2v) is 5.80. The fourth-order valence-corrected chi connectivity index (χ4v) is 2.47. The number of rotatable bonds is 6. The Morgan fingerprint density at radius 3 is 2.81 bits per heavy atom. The summed E-state index contributed by atoms with van der Waals surface area (Å²) in [6.07, 6.45) is 7.45. The van der Waals surface area contributed by atoms with Gasteiger partial charge in [0.15, 0.2) is 0 Å². The molecule has 21 heavy (non-hydrogen) atoms. The number of carbonyl (C=O) groups excluding carboxylic acids is 1. The van der Waals surface area contributed by atoms with E-state index in [9.17, 15) is 4.79 Å². The normalized spacial score (nSPS) is 16.0. The van der Waals surface area contributed by atoms with Crippen molar-refractivity contribution in [3.8, 4) is 0 Å². The molecule has 0 spiro atoms. The molecule has 1 heterocycles. The van der Waals surface area contributed by atoms with Crippen LogP contribution in [0, 0.1) is 0 Å². The first kappa shape index (κ1) is 15.7. The van der Waals surface area contributed by atoms with E-state index in [0.29, 0.717) is 17.7 Å². The van der Waals surface area contributed by atoms with Crippen LogP contribution in [-0.4, -0.2) is 54.0 Å². The molecule has 0 aromatic carbocycles. The van der Waals surface area contributed by atoms with Gasteiger partial charge < -0.3 is 15.5 Å². The molecule has 1 amide bonds. The van der Waals surface area contributed by atoms with Gasteiger partial charge in [0.05, 0.1) is 0 Å². The standard InChI is InChI=1S/C15H25N5O/c1-20(2)11-10-17-15-16-9-8-13(19-15)14(21)18-12-6-4-3-5-7-12/h8-9,12H,3-7,10-11H2,1-2H3,(H,18,21)(H,16,17,19). The molecule has 1 aromatic rings. The van der Waals surface area contributed by atoms with E-state index in [4.69, 9.17) is 0 Å². The van der Waals surface area contributed by atoms with Crippen LogP contribution in [0.5, 0.6) is 0 Å². The van der Waals surface area contributed by atoms with Crippen molar-refractivity contribution < 1.29 is 4.79 Å². The predicted octanol–water partition coefficient (Wildman–Crippen LogP) is 1.51. The lowest BCUT2D eigenvalue weighted by Gasteiger charge is -2.22. The number of nitrogens with zero attached hydrogens (tertiary/aromatic N) is 3. The van der Waals surface area contributed by atoms with Crippen molar-refractivity contribution in [2.24, 2.45) is 0 Å². The summed E-state index contributed by atoms with van der Waals surface area (Å²) in [5.74, 6) is 0.410. The van der Waals surface area contributed by atoms with Crippen molar-refractivity contribution in [3.05, 3.63) is 18.0 Å². The third kappa shape index (κ3) is 5.30. The van der Waals surface area contributed by atoms with E-state index in [1.54, 1.807) is 12.3 Å². The molecule has 1 aliphatic rings. The summed E-state index contributed by atoms with van der Waals surface area (Å²) in [6, 6.07) is 1.96. The number of nitrogens with one attached hydrogen (secondary N) is 2. The maximum Gasteiger partial charge on any atom is 0.270 e. The van der Waals surface area contributed by atoms with E-state index in [1.807, 2.05) is 14.1 Å². The zero-order valence-electron chi connectivity index (χ0n) is 12.9. The highest BCUT2D eigenvalue weighted by Crippen LogP contribution is 2.17. The largest absolute Gasteiger partial charge is 0.353 e. The zero-order chi connectivity index (χ0) is 15.1. The Hall–Kier alpha value is -1.69. The molecule has 116 valence electrons. The minimum Gasteiger partial charge on any atom is -0.353 e. The smallest absolute Gasteiger partial charge is 0.270 e. The number of hydrogen-bond acceptors (Lipinski definition) is 5. The van der Waals surface area contributed by atoms with E-state index in [-0.39, 0.29) is 5.91 Å². The van der Waals surface area contributed by atoms with Crippen LogP contribution >= 0.6 is 0 Å². The Bertz CT molecular complexity index is 457. The molecule has 6 heteroatoms. The van der Waals surface area contributed by atoms with Crippen LogP contribution in [0.1, 0.15) is 42.6 Å².